The molecule has 1 aliphatic heterocycles. The Kier molecular flexibility index (Phi) is 6.72. The van der Waals surface area contributed by atoms with Gasteiger partial charge in [-0.05, 0) is 25.3 Å². The lowest BCUT2D eigenvalue weighted by atomic mass is 10.0. The monoisotopic (exact) mass is 569 g/mol. The smallest absolute Gasteiger partial charge is 0.402 e. The van der Waals surface area contributed by atoms with Gasteiger partial charge in [-0.15, -0.1) is 5.10 Å². The number of amides is 1. The average molecular weight is 570 g/mol. The van der Waals surface area contributed by atoms with E-state index in [0.29, 0.717) is 41.1 Å². The first-order valence-electron chi connectivity index (χ1n) is 12.4. The van der Waals surface area contributed by atoms with Gasteiger partial charge in [0.05, 0.1) is 23.5 Å². The molecule has 1 fully saturated rings. The number of nitrogens with one attached hydrogen (secondary N) is 3. The van der Waals surface area contributed by atoms with Crippen LogP contribution in [0.25, 0.3) is 11.6 Å². The molecule has 14 heteroatoms. The first kappa shape index (κ1) is 26.0. The van der Waals surface area contributed by atoms with Crippen molar-refractivity contribution in [3.8, 4) is 11.6 Å². The molecule has 0 radical (unpaired) electrons. The lowest BCUT2D eigenvalue weighted by Crippen LogP contribution is -2.32. The van der Waals surface area contributed by atoms with Crippen LogP contribution < -0.4 is 16.0 Å². The highest BCUT2D eigenvalue weighted by Gasteiger charge is 2.38. The highest BCUT2D eigenvalue weighted by molar-refractivity contribution is 7.16. The minimum atomic E-state index is -4.69. The Bertz CT molecular complexity index is 1570. The number of hydrogen-bond acceptors (Lipinski definition) is 10. The largest absolute Gasteiger partial charge is 0.443 e. The number of halogens is 3. The van der Waals surface area contributed by atoms with Gasteiger partial charge in [0, 0.05) is 11.1 Å². The lowest BCUT2D eigenvalue weighted by Gasteiger charge is -2.16. The van der Waals surface area contributed by atoms with E-state index in [1.165, 1.54) is 0 Å². The third-order valence-electron chi connectivity index (χ3n) is 6.55. The van der Waals surface area contributed by atoms with Crippen LogP contribution in [0.3, 0.4) is 0 Å². The fourth-order valence-electron chi connectivity index (χ4n) is 4.64. The third kappa shape index (κ3) is 5.14. The van der Waals surface area contributed by atoms with Gasteiger partial charge in [-0.25, -0.2) is 9.98 Å². The van der Waals surface area contributed by atoms with E-state index in [2.05, 4.69) is 36.1 Å². The fraction of sp³-hybridized carbons (Fsp3) is 0.269. The van der Waals surface area contributed by atoms with E-state index in [0.717, 1.165) is 12.0 Å². The molecule has 2 aliphatic rings. The number of aliphatic hydroxyl groups excluding tert-OH is 1. The van der Waals surface area contributed by atoms with Gasteiger partial charge in [-0.1, -0.05) is 65.0 Å². The summed E-state index contributed by atoms with van der Waals surface area (Å²) < 4.78 is 46.1. The number of hydrogen-bond donors (Lipinski definition) is 4. The molecule has 1 saturated carbocycles. The van der Waals surface area contributed by atoms with Crippen LogP contribution in [0.4, 0.5) is 29.9 Å². The van der Waals surface area contributed by atoms with Gasteiger partial charge >= 0.3 is 12.2 Å². The number of aliphatic hydroxyl groups is 1. The number of carbonyl (C=O) groups excluding carboxylic acids is 1. The van der Waals surface area contributed by atoms with Gasteiger partial charge in [0.2, 0.25) is 11.2 Å². The summed E-state index contributed by atoms with van der Waals surface area (Å²) in [6.45, 7) is 0. The number of aliphatic imine (C=N–C) groups is 1. The summed E-state index contributed by atoms with van der Waals surface area (Å²) in [6, 6.07) is 15.9. The highest BCUT2D eigenvalue weighted by Crippen LogP contribution is 2.42. The van der Waals surface area contributed by atoms with E-state index >= 15 is 0 Å². The molecular weight excluding hydrogens is 547 g/mol. The molecule has 3 atom stereocenters. The van der Waals surface area contributed by atoms with Crippen molar-refractivity contribution in [2.24, 2.45) is 4.99 Å². The zero-order chi connectivity index (χ0) is 27.9. The number of carbonyl (C=O) groups is 1. The van der Waals surface area contributed by atoms with Crippen LogP contribution in [0.1, 0.15) is 35.4 Å². The van der Waals surface area contributed by atoms with Crippen molar-refractivity contribution < 1.29 is 27.5 Å². The van der Waals surface area contributed by atoms with Crippen LogP contribution in [0.2, 0.25) is 0 Å². The highest BCUT2D eigenvalue weighted by atomic mass is 32.1. The van der Waals surface area contributed by atoms with Crippen molar-refractivity contribution in [2.45, 2.75) is 43.8 Å². The molecule has 4 N–H and O–H groups in total. The number of fused-ring (bicyclic) bond motifs is 1. The Balaban J connectivity index is 1.32. The molecule has 2 aromatic heterocycles. The molecule has 1 aliphatic carbocycles. The summed E-state index contributed by atoms with van der Waals surface area (Å²) in [7, 11) is 0. The second kappa shape index (κ2) is 10.4. The van der Waals surface area contributed by atoms with Gasteiger partial charge in [-0.2, -0.15) is 13.2 Å². The van der Waals surface area contributed by atoms with Gasteiger partial charge in [0.1, 0.15) is 5.00 Å². The number of benzene rings is 2. The first-order valence-corrected chi connectivity index (χ1v) is 13.2. The van der Waals surface area contributed by atoms with Crippen molar-refractivity contribution in [3.63, 3.8) is 0 Å². The number of benzodiazepines with no additional fused rings is 1. The summed E-state index contributed by atoms with van der Waals surface area (Å²) in [6.07, 6.45) is -4.69. The fourth-order valence-corrected chi connectivity index (χ4v) is 5.52. The molecular formula is C26H22F3N7O3S. The van der Waals surface area contributed by atoms with Crippen molar-refractivity contribution in [1.82, 2.24) is 15.2 Å². The van der Waals surface area contributed by atoms with Crippen LogP contribution in [0, 0.1) is 0 Å². The van der Waals surface area contributed by atoms with Crippen LogP contribution in [-0.2, 0) is 11.0 Å². The Labute approximate surface area is 229 Å². The average Bonchev–Trinajstić information content (AvgIpc) is 3.66. The summed E-state index contributed by atoms with van der Waals surface area (Å²) in [5, 5.41) is 25.5. The summed E-state index contributed by atoms with van der Waals surface area (Å²) in [5.41, 5.74) is 2.41. The molecule has 3 heterocycles. The standard InChI is InChI=1S/C26H22F3N7O3S/c27-26(28,29)24-33-19(23(40-24)31-16-11-6-12-17(16)37)22-35-36-25(39-22)34-20-21(38)30-15-10-5-4-9-14(15)18(32-20)13-7-2-1-3-8-13/h1-5,7-10,16-17,20,31,37H,6,11-12H2,(H,30,38)(H,34,36)/t16-,17+,20-/m1/s1. The molecule has 10 nitrogen and oxygen atoms in total. The Morgan fingerprint density at radius 2 is 1.80 bits per heavy atom. The van der Waals surface area contributed by atoms with Crippen molar-refractivity contribution >= 4 is 39.7 Å². The maximum Gasteiger partial charge on any atom is 0.443 e. The number of alkyl halides is 3. The molecule has 0 bridgehead atoms. The summed E-state index contributed by atoms with van der Waals surface area (Å²) in [5.74, 6) is -0.780. The van der Waals surface area contributed by atoms with E-state index in [1.807, 2.05) is 42.5 Å². The predicted molar refractivity (Wildman–Crippen MR) is 142 cm³/mol. The van der Waals surface area contributed by atoms with Gasteiger partial charge in [-0.3, -0.25) is 4.79 Å². The maximum absolute atomic E-state index is 13.5. The number of para-hydroxylation sites is 1. The van der Waals surface area contributed by atoms with E-state index < -0.39 is 35.4 Å². The normalized spacial score (nSPS) is 20.9. The molecule has 0 unspecified atom stereocenters. The van der Waals surface area contributed by atoms with E-state index in [4.69, 9.17) is 4.42 Å². The second-order valence-electron chi connectivity index (χ2n) is 9.28. The van der Waals surface area contributed by atoms with Crippen LogP contribution >= 0.6 is 11.3 Å². The van der Waals surface area contributed by atoms with Gasteiger partial charge in [0.15, 0.2) is 5.69 Å². The predicted octanol–water partition coefficient (Wildman–Crippen LogP) is 4.76. The zero-order valence-corrected chi connectivity index (χ0v) is 21.5. The van der Waals surface area contributed by atoms with E-state index in [-0.39, 0.29) is 22.6 Å². The first-order chi connectivity index (χ1) is 19.3. The zero-order valence-electron chi connectivity index (χ0n) is 20.6. The molecule has 0 saturated heterocycles. The quantitative estimate of drug-likeness (QED) is 0.261. The Morgan fingerprint density at radius 1 is 1.02 bits per heavy atom. The van der Waals surface area contributed by atoms with Gasteiger partial charge < -0.3 is 25.5 Å². The van der Waals surface area contributed by atoms with Gasteiger partial charge in [0.25, 0.3) is 11.8 Å². The van der Waals surface area contributed by atoms with Crippen LogP contribution in [0.15, 0.2) is 64.0 Å². The van der Waals surface area contributed by atoms with Crippen molar-refractivity contribution in [2.75, 3.05) is 16.0 Å². The Hall–Kier alpha value is -4.30. The lowest BCUT2D eigenvalue weighted by molar-refractivity contribution is -0.137. The number of anilines is 3. The molecule has 40 heavy (non-hydrogen) atoms. The Morgan fingerprint density at radius 3 is 2.55 bits per heavy atom. The molecule has 2 aromatic carbocycles. The second-order valence-corrected chi connectivity index (χ2v) is 10.3. The number of thiazole rings is 1. The SMILES string of the molecule is O=C1Nc2ccccc2C(c2ccccc2)=N[C@@H]1Nc1nnc(-c2nc(C(F)(F)F)sc2N[C@@H]2CCC[C@@H]2O)o1. The number of rotatable bonds is 6. The van der Waals surface area contributed by atoms with Crippen molar-refractivity contribution in [1.29, 1.82) is 0 Å². The molecule has 206 valence electrons. The number of aromatic nitrogens is 3. The number of nitrogens with zero attached hydrogens (tertiary/aromatic N) is 4. The molecule has 1 amide bonds. The molecule has 6 rings (SSSR count). The van der Waals surface area contributed by atoms with Crippen LogP contribution in [-0.4, -0.2) is 50.2 Å². The van der Waals surface area contributed by atoms with Crippen molar-refractivity contribution in [3.05, 3.63) is 70.7 Å². The van der Waals surface area contributed by atoms with Crippen LogP contribution in [0.5, 0.6) is 0 Å². The minimum Gasteiger partial charge on any atom is -0.402 e. The van der Waals surface area contributed by atoms with E-state index in [1.54, 1.807) is 12.1 Å². The molecule has 4 aromatic rings. The molecule has 0 spiro atoms. The summed E-state index contributed by atoms with van der Waals surface area (Å²) >= 11 is 0.397. The maximum atomic E-state index is 13.5. The van der Waals surface area contributed by atoms with E-state index in [9.17, 15) is 23.1 Å². The minimum absolute atomic E-state index is 0.0560. The summed E-state index contributed by atoms with van der Waals surface area (Å²) in [4.78, 5) is 21.4. The topological polar surface area (TPSA) is 138 Å². The third-order valence-corrected chi connectivity index (χ3v) is 7.58.